The molecule has 0 unspecified atom stereocenters. The second-order valence-corrected chi connectivity index (χ2v) is 42.4. The van der Waals surface area contributed by atoms with Crippen LogP contribution in [-0.4, -0.2) is 44.9 Å². The fourth-order valence-electron chi connectivity index (χ4n) is 24.6. The second kappa shape index (κ2) is 34.7. The van der Waals surface area contributed by atoms with E-state index < -0.39 is 5.41 Å². The standard InChI is InChI=1S/C59H39N3.C40H27N3S.C40H29N3/c1-58(2)49-20-10-6-16-43(49)47-31-30-41(34-53(47)58)57-61-55(38-26-24-37(25-27-38)36-14-4-3-5-15-36)60-56(62-57)40-29-28-39-33-48-46-19-9-13-23-52(46)59(54(48)35-42(39)32-40)50-21-11-7-17-44(50)45-18-8-12-22-51(45)59;1-40(2)32-16-8-6-13-28(32)31-22-27-21-26(20-19-25(27)23-33(31)40)38-41-37(24-11-4-3-5-12-24)42-39(43-38)30-15-10-18-35-36(30)29-14-7-9-17-34(29)44-35;1-40(2)35-22-10-9-19-31(35)33-24-23-30-32(36(33)40)20-12-21-34(30)39-42-37(27-15-7-4-8-16-27)41-38(43-39)29-18-11-17-28(25-29)26-13-5-3-6-14-26/h3-35H,1-2H3;3-23H,1-2H3;3-25H,1-2H3. The molecular weight excluding hydrogens is 1830 g/mol. The van der Waals surface area contributed by atoms with Gasteiger partial charge in [0.15, 0.2) is 52.4 Å². The Labute approximate surface area is 868 Å². The van der Waals surface area contributed by atoms with Crippen LogP contribution in [0.25, 0.3) is 233 Å². The van der Waals surface area contributed by atoms with Crippen molar-refractivity contribution in [3.8, 4) is 180 Å². The number of hydrogen-bond acceptors (Lipinski definition) is 10. The van der Waals surface area contributed by atoms with E-state index in [2.05, 4.69) is 460 Å². The van der Waals surface area contributed by atoms with Crippen LogP contribution in [0.4, 0.5) is 0 Å². The summed E-state index contributed by atoms with van der Waals surface area (Å²) in [5, 5.41) is 9.56. The molecule has 10 heteroatoms. The Morgan fingerprint density at radius 1 is 0.154 bits per heavy atom. The summed E-state index contributed by atoms with van der Waals surface area (Å²) in [6.45, 7) is 13.9. The highest BCUT2D eigenvalue weighted by molar-refractivity contribution is 7.26. The van der Waals surface area contributed by atoms with Crippen LogP contribution in [0.3, 0.4) is 0 Å². The Morgan fingerprint density at radius 2 is 0.463 bits per heavy atom. The highest BCUT2D eigenvalue weighted by atomic mass is 32.1. The first kappa shape index (κ1) is 88.4. The fourth-order valence-corrected chi connectivity index (χ4v) is 25.7. The number of fused-ring (bicyclic) bond motifs is 26. The maximum atomic E-state index is 5.31. The van der Waals surface area contributed by atoms with E-state index in [0.29, 0.717) is 52.4 Å². The number of nitrogens with zero attached hydrogens (tertiary/aromatic N) is 9. The van der Waals surface area contributed by atoms with Gasteiger partial charge in [-0.05, 0) is 227 Å². The molecule has 5 aliphatic rings. The molecule has 0 saturated carbocycles. The van der Waals surface area contributed by atoms with E-state index in [-0.39, 0.29) is 16.2 Å². The van der Waals surface area contributed by atoms with E-state index in [9.17, 15) is 0 Å². The van der Waals surface area contributed by atoms with Gasteiger partial charge in [-0.3, -0.25) is 0 Å². The first-order chi connectivity index (χ1) is 73.1. The number of benzene rings is 21. The van der Waals surface area contributed by atoms with Crippen molar-refractivity contribution in [3.63, 3.8) is 0 Å². The van der Waals surface area contributed by atoms with Crippen molar-refractivity contribution in [2.45, 2.75) is 63.2 Å². The van der Waals surface area contributed by atoms with Crippen molar-refractivity contribution in [1.82, 2.24) is 44.9 Å². The third kappa shape index (κ3) is 14.4. The van der Waals surface area contributed by atoms with E-state index >= 15 is 0 Å². The molecule has 4 aromatic heterocycles. The van der Waals surface area contributed by atoms with Gasteiger partial charge in [-0.25, -0.2) is 44.9 Å². The van der Waals surface area contributed by atoms with Crippen molar-refractivity contribution in [1.29, 1.82) is 0 Å². The highest BCUT2D eigenvalue weighted by Crippen LogP contribution is 2.64. The van der Waals surface area contributed by atoms with Gasteiger partial charge < -0.3 is 0 Å². The molecule has 0 bridgehead atoms. The topological polar surface area (TPSA) is 116 Å². The minimum absolute atomic E-state index is 0.0284. The zero-order chi connectivity index (χ0) is 99.5. The molecule has 0 aliphatic heterocycles. The van der Waals surface area contributed by atoms with Crippen molar-refractivity contribution in [3.05, 3.63) is 523 Å². The molecule has 30 rings (SSSR count). The lowest BCUT2D eigenvalue weighted by Gasteiger charge is -2.30. The van der Waals surface area contributed by atoms with Crippen LogP contribution in [0.5, 0.6) is 0 Å². The molecule has 21 aromatic carbocycles. The maximum absolute atomic E-state index is 5.31. The number of hydrogen-bond donors (Lipinski definition) is 0. The summed E-state index contributed by atoms with van der Waals surface area (Å²) in [6, 6.07) is 167. The molecule has 1 spiro atoms. The Balaban J connectivity index is 0.000000110. The molecule has 0 N–H and O–H groups in total. The number of thiophene rings is 1. The zero-order valence-electron chi connectivity index (χ0n) is 82.9. The average Bonchev–Trinajstić information content (AvgIpc) is 1.50. The van der Waals surface area contributed by atoms with Gasteiger partial charge in [0.2, 0.25) is 0 Å². The van der Waals surface area contributed by atoms with Crippen LogP contribution >= 0.6 is 11.3 Å². The third-order valence-corrected chi connectivity index (χ3v) is 32.9. The Kier molecular flexibility index (Phi) is 20.6. The SMILES string of the molecule is CC1(C)c2ccccc2-c2cc3cc(-c4nc(-c5ccccc5)nc(-c5cccc6sc7ccccc7c56)n4)ccc3cc21.CC1(C)c2ccccc2-c2ccc(-c3nc(-c4ccc(-c5ccccc5)cc4)nc(-c4ccc5cc6c(cc5c4)C4(c5ccccc5-c5ccccc54)c4ccccc4-6)n3)cc21.CC1(C)c2ccccc2-c2ccc3c(-c4nc(-c5ccccc5)nc(-c5cccc(-c6ccccc6)c5)n4)cccc3c21. The molecule has 702 valence electrons. The van der Waals surface area contributed by atoms with Crippen molar-refractivity contribution in [2.75, 3.05) is 0 Å². The molecule has 5 aliphatic carbocycles. The van der Waals surface area contributed by atoms with Gasteiger partial charge in [-0.15, -0.1) is 11.3 Å². The lowest BCUT2D eigenvalue weighted by Crippen LogP contribution is -2.25. The average molecular weight is 1920 g/mol. The fraction of sp³-hybridized carbons (Fsp3) is 0.0719. The Morgan fingerprint density at radius 3 is 1.03 bits per heavy atom. The number of aromatic nitrogens is 9. The summed E-state index contributed by atoms with van der Waals surface area (Å²) in [5.41, 5.74) is 39.2. The van der Waals surface area contributed by atoms with E-state index in [1.165, 1.54) is 159 Å². The molecule has 149 heavy (non-hydrogen) atoms. The molecule has 0 amide bonds. The van der Waals surface area contributed by atoms with Crippen molar-refractivity contribution in [2.24, 2.45) is 0 Å². The van der Waals surface area contributed by atoms with Gasteiger partial charge in [-0.1, -0.05) is 448 Å². The van der Waals surface area contributed by atoms with Crippen molar-refractivity contribution < 1.29 is 0 Å². The summed E-state index contributed by atoms with van der Waals surface area (Å²) >= 11 is 1.81. The molecule has 25 aromatic rings. The van der Waals surface area contributed by atoms with Gasteiger partial charge in [0.1, 0.15) is 0 Å². The lowest BCUT2D eigenvalue weighted by molar-refractivity contribution is 0.660. The van der Waals surface area contributed by atoms with Gasteiger partial charge in [0.25, 0.3) is 0 Å². The van der Waals surface area contributed by atoms with Crippen LogP contribution in [0.2, 0.25) is 0 Å². The quantitative estimate of drug-likeness (QED) is 0.125. The third-order valence-electron chi connectivity index (χ3n) is 31.8. The minimum Gasteiger partial charge on any atom is -0.208 e. The zero-order valence-corrected chi connectivity index (χ0v) is 83.7. The van der Waals surface area contributed by atoms with Gasteiger partial charge >= 0.3 is 0 Å². The summed E-state index contributed by atoms with van der Waals surface area (Å²) in [4.78, 5) is 46.3. The molecule has 0 saturated heterocycles. The largest absolute Gasteiger partial charge is 0.208 e. The summed E-state index contributed by atoms with van der Waals surface area (Å²) < 4.78 is 2.49. The van der Waals surface area contributed by atoms with E-state index in [4.69, 9.17) is 44.9 Å². The molecular formula is C139H95N9S. The van der Waals surface area contributed by atoms with Crippen LogP contribution in [0.15, 0.2) is 467 Å². The monoisotopic (exact) mass is 1920 g/mol. The predicted octanol–water partition coefficient (Wildman–Crippen LogP) is 35.0. The predicted molar refractivity (Wildman–Crippen MR) is 614 cm³/mol. The first-order valence-corrected chi connectivity index (χ1v) is 52.0. The molecule has 0 fully saturated rings. The summed E-state index contributed by atoms with van der Waals surface area (Å²) in [5.74, 6) is 5.99. The van der Waals surface area contributed by atoms with Crippen LogP contribution < -0.4 is 0 Å². The van der Waals surface area contributed by atoms with E-state index in [1.54, 1.807) is 11.3 Å². The maximum Gasteiger partial charge on any atom is 0.164 e. The molecule has 0 radical (unpaired) electrons. The van der Waals surface area contributed by atoms with Crippen LogP contribution in [0, 0.1) is 0 Å². The molecule has 4 heterocycles. The Hall–Kier alpha value is -18.4. The normalized spacial score (nSPS) is 13.7. The second-order valence-electron chi connectivity index (χ2n) is 41.3. The molecule has 0 atom stereocenters. The van der Waals surface area contributed by atoms with Gasteiger partial charge in [0, 0.05) is 86.5 Å². The van der Waals surface area contributed by atoms with Gasteiger partial charge in [-0.2, -0.15) is 0 Å². The molecule has 9 nitrogen and oxygen atoms in total. The summed E-state index contributed by atoms with van der Waals surface area (Å²) in [6.07, 6.45) is 0. The van der Waals surface area contributed by atoms with E-state index in [1.807, 2.05) is 48.5 Å². The van der Waals surface area contributed by atoms with Crippen LogP contribution in [-0.2, 0) is 21.7 Å². The van der Waals surface area contributed by atoms with Crippen LogP contribution in [0.1, 0.15) is 97.2 Å². The van der Waals surface area contributed by atoms with E-state index in [0.717, 1.165) is 77.5 Å². The van der Waals surface area contributed by atoms with Crippen molar-refractivity contribution >= 4 is 63.8 Å². The minimum atomic E-state index is -0.413. The Bertz CT molecular complexity index is 9770. The first-order valence-electron chi connectivity index (χ1n) is 51.2. The van der Waals surface area contributed by atoms with Gasteiger partial charge in [0.05, 0.1) is 5.41 Å². The summed E-state index contributed by atoms with van der Waals surface area (Å²) in [7, 11) is 0. The number of rotatable bonds is 11. The highest BCUT2D eigenvalue weighted by Gasteiger charge is 2.52. The smallest absolute Gasteiger partial charge is 0.164 e. The lowest BCUT2D eigenvalue weighted by atomic mass is 9.70.